The van der Waals surface area contributed by atoms with E-state index in [1.165, 1.54) is 24.7 Å². The van der Waals surface area contributed by atoms with Gasteiger partial charge in [0, 0.05) is 24.0 Å². The van der Waals surface area contributed by atoms with Gasteiger partial charge >= 0.3 is 0 Å². The Balaban J connectivity index is 2.42. The topological polar surface area (TPSA) is 100 Å². The fourth-order valence-electron chi connectivity index (χ4n) is 1.93. The molecule has 9 heteroatoms. The lowest BCUT2D eigenvalue weighted by Crippen LogP contribution is -2.11. The molecule has 0 saturated carbocycles. The molecule has 0 spiro atoms. The normalized spacial score (nSPS) is 12.4. The highest BCUT2D eigenvalue weighted by Crippen LogP contribution is 2.26. The molecule has 1 aromatic heterocycles. The SMILES string of the molecule is CC(C)Oc1ccc([N+](=O)[O-])cc1Cn1cnnc1S(C)=O. The molecule has 0 bridgehead atoms. The smallest absolute Gasteiger partial charge is 0.270 e. The Morgan fingerprint density at radius 1 is 1.45 bits per heavy atom. The minimum atomic E-state index is -1.30. The standard InChI is InChI=1S/C13H16N4O4S/c1-9(2)21-12-5-4-11(17(18)19)6-10(12)7-16-8-14-15-13(16)22(3)20/h4-6,8-9H,7H2,1-3H3. The van der Waals surface area contributed by atoms with Crippen molar-refractivity contribution in [2.24, 2.45) is 0 Å². The molecule has 118 valence electrons. The molecule has 1 heterocycles. The van der Waals surface area contributed by atoms with Crippen LogP contribution in [0, 0.1) is 10.1 Å². The number of nitrogens with zero attached hydrogens (tertiary/aromatic N) is 4. The maximum absolute atomic E-state index is 11.6. The maximum Gasteiger partial charge on any atom is 0.270 e. The minimum Gasteiger partial charge on any atom is -0.491 e. The molecule has 0 fully saturated rings. The van der Waals surface area contributed by atoms with Crippen LogP contribution in [0.5, 0.6) is 5.75 Å². The van der Waals surface area contributed by atoms with Crippen molar-refractivity contribution < 1.29 is 13.9 Å². The molecular formula is C13H16N4O4S. The van der Waals surface area contributed by atoms with E-state index in [2.05, 4.69) is 10.2 Å². The molecular weight excluding hydrogens is 308 g/mol. The Kier molecular flexibility index (Phi) is 4.86. The van der Waals surface area contributed by atoms with Gasteiger partial charge < -0.3 is 9.30 Å². The lowest BCUT2D eigenvalue weighted by Gasteiger charge is -2.14. The number of rotatable bonds is 6. The molecule has 0 aliphatic rings. The van der Waals surface area contributed by atoms with Gasteiger partial charge in [0.25, 0.3) is 5.69 Å². The second kappa shape index (κ2) is 6.65. The van der Waals surface area contributed by atoms with Gasteiger partial charge in [0.2, 0.25) is 5.16 Å². The van der Waals surface area contributed by atoms with E-state index >= 15 is 0 Å². The van der Waals surface area contributed by atoms with Crippen LogP contribution in [0.1, 0.15) is 19.4 Å². The highest BCUT2D eigenvalue weighted by Gasteiger charge is 2.16. The van der Waals surface area contributed by atoms with Gasteiger partial charge in [-0.15, -0.1) is 10.2 Å². The highest BCUT2D eigenvalue weighted by atomic mass is 32.2. The monoisotopic (exact) mass is 324 g/mol. The lowest BCUT2D eigenvalue weighted by molar-refractivity contribution is -0.384. The number of ether oxygens (including phenoxy) is 1. The van der Waals surface area contributed by atoms with E-state index in [1.807, 2.05) is 13.8 Å². The van der Waals surface area contributed by atoms with Crippen molar-refractivity contribution in [3.63, 3.8) is 0 Å². The van der Waals surface area contributed by atoms with Crippen molar-refractivity contribution in [1.82, 2.24) is 14.8 Å². The molecule has 1 aromatic carbocycles. The molecule has 2 aromatic rings. The predicted octanol–water partition coefficient (Wildman–Crippen LogP) is 1.76. The molecule has 0 saturated heterocycles. The third-order valence-electron chi connectivity index (χ3n) is 2.80. The van der Waals surface area contributed by atoms with Crippen LogP contribution in [0.4, 0.5) is 5.69 Å². The summed E-state index contributed by atoms with van der Waals surface area (Å²) >= 11 is 0. The lowest BCUT2D eigenvalue weighted by atomic mass is 10.1. The van der Waals surface area contributed by atoms with Gasteiger partial charge in [-0.3, -0.25) is 14.3 Å². The van der Waals surface area contributed by atoms with Crippen LogP contribution in [0.2, 0.25) is 0 Å². The first-order valence-corrected chi connectivity index (χ1v) is 8.09. The third-order valence-corrected chi connectivity index (χ3v) is 3.63. The van der Waals surface area contributed by atoms with Gasteiger partial charge in [-0.2, -0.15) is 0 Å². The molecule has 1 atom stereocenters. The van der Waals surface area contributed by atoms with Crippen LogP contribution in [0.3, 0.4) is 0 Å². The van der Waals surface area contributed by atoms with Crippen LogP contribution in [-0.4, -0.2) is 36.3 Å². The van der Waals surface area contributed by atoms with Gasteiger partial charge in [-0.1, -0.05) is 0 Å². The number of aromatic nitrogens is 3. The molecule has 0 amide bonds. The first-order valence-electron chi connectivity index (χ1n) is 6.53. The average molecular weight is 324 g/mol. The minimum absolute atomic E-state index is 0.0293. The van der Waals surface area contributed by atoms with E-state index in [0.717, 1.165) is 0 Å². The van der Waals surface area contributed by atoms with Crippen LogP contribution in [0.15, 0.2) is 29.7 Å². The largest absolute Gasteiger partial charge is 0.491 e. The van der Waals surface area contributed by atoms with Crippen LogP contribution >= 0.6 is 0 Å². The number of hydrogen-bond donors (Lipinski definition) is 0. The van der Waals surface area contributed by atoms with E-state index in [-0.39, 0.29) is 18.3 Å². The average Bonchev–Trinajstić information content (AvgIpc) is 2.88. The predicted molar refractivity (Wildman–Crippen MR) is 80.3 cm³/mol. The Morgan fingerprint density at radius 2 is 2.18 bits per heavy atom. The molecule has 0 aliphatic heterocycles. The zero-order valence-electron chi connectivity index (χ0n) is 12.4. The van der Waals surface area contributed by atoms with Crippen LogP contribution in [0.25, 0.3) is 0 Å². The maximum atomic E-state index is 11.6. The molecule has 0 N–H and O–H groups in total. The summed E-state index contributed by atoms with van der Waals surface area (Å²) in [5.41, 5.74) is 0.577. The van der Waals surface area contributed by atoms with Gasteiger partial charge in [0.15, 0.2) is 0 Å². The molecule has 8 nitrogen and oxygen atoms in total. The van der Waals surface area contributed by atoms with Crippen molar-refractivity contribution in [1.29, 1.82) is 0 Å². The number of hydrogen-bond acceptors (Lipinski definition) is 6. The van der Waals surface area contributed by atoms with Crippen LogP contribution in [-0.2, 0) is 17.3 Å². The van der Waals surface area contributed by atoms with E-state index in [4.69, 9.17) is 4.74 Å². The van der Waals surface area contributed by atoms with Crippen molar-refractivity contribution in [3.05, 3.63) is 40.2 Å². The first-order chi connectivity index (χ1) is 10.4. The Bertz CT molecular complexity index is 714. The molecule has 2 rings (SSSR count). The van der Waals surface area contributed by atoms with E-state index in [0.29, 0.717) is 16.5 Å². The van der Waals surface area contributed by atoms with Crippen molar-refractivity contribution in [2.75, 3.05) is 6.26 Å². The number of nitro groups is 1. The van der Waals surface area contributed by atoms with Gasteiger partial charge in [-0.05, 0) is 19.9 Å². The third kappa shape index (κ3) is 3.67. The van der Waals surface area contributed by atoms with Crippen molar-refractivity contribution in [3.8, 4) is 5.75 Å². The van der Waals surface area contributed by atoms with Gasteiger partial charge in [0.05, 0.1) is 28.4 Å². The van der Waals surface area contributed by atoms with E-state index in [9.17, 15) is 14.3 Å². The van der Waals surface area contributed by atoms with Gasteiger partial charge in [0.1, 0.15) is 12.1 Å². The Morgan fingerprint density at radius 3 is 2.77 bits per heavy atom. The fraction of sp³-hybridized carbons (Fsp3) is 0.385. The molecule has 1 unspecified atom stereocenters. The zero-order chi connectivity index (χ0) is 16.3. The molecule has 22 heavy (non-hydrogen) atoms. The number of non-ortho nitro benzene ring substituents is 1. The second-order valence-electron chi connectivity index (χ2n) is 4.91. The number of benzene rings is 1. The quantitative estimate of drug-likeness (QED) is 0.593. The van der Waals surface area contributed by atoms with E-state index < -0.39 is 15.7 Å². The number of nitro benzene ring substituents is 1. The summed E-state index contributed by atoms with van der Waals surface area (Å²) in [6.07, 6.45) is 2.87. The zero-order valence-corrected chi connectivity index (χ0v) is 13.2. The molecule has 0 radical (unpaired) electrons. The van der Waals surface area contributed by atoms with Crippen LogP contribution < -0.4 is 4.74 Å². The summed E-state index contributed by atoms with van der Waals surface area (Å²) in [4.78, 5) is 10.5. The summed E-state index contributed by atoms with van der Waals surface area (Å²) in [7, 11) is -1.30. The highest BCUT2D eigenvalue weighted by molar-refractivity contribution is 7.84. The van der Waals surface area contributed by atoms with Crippen molar-refractivity contribution >= 4 is 16.5 Å². The van der Waals surface area contributed by atoms with E-state index in [1.54, 1.807) is 10.6 Å². The summed E-state index contributed by atoms with van der Waals surface area (Å²) in [5.74, 6) is 0.544. The van der Waals surface area contributed by atoms with Gasteiger partial charge in [-0.25, -0.2) is 0 Å². The Hall–Kier alpha value is -2.29. The summed E-state index contributed by atoms with van der Waals surface area (Å²) in [6.45, 7) is 3.98. The first kappa shape index (κ1) is 16.1. The van der Waals surface area contributed by atoms with Crippen molar-refractivity contribution in [2.45, 2.75) is 31.7 Å². The summed E-state index contributed by atoms with van der Waals surface area (Å²) in [5, 5.41) is 18.8. The summed E-state index contributed by atoms with van der Waals surface area (Å²) in [6, 6.07) is 4.41. The fourth-order valence-corrected chi connectivity index (χ4v) is 2.53. The summed E-state index contributed by atoms with van der Waals surface area (Å²) < 4.78 is 18.9. The Labute approximate surface area is 129 Å². The molecule has 0 aliphatic carbocycles. The second-order valence-corrected chi connectivity index (χ2v) is 6.18.